The Morgan fingerprint density at radius 3 is 2.44 bits per heavy atom. The number of hydrazone groups is 1. The Kier molecular flexibility index (Phi) is 8.65. The molecule has 0 spiro atoms. The first-order valence-corrected chi connectivity index (χ1v) is 13.9. The molecule has 1 amide bonds. The predicted octanol–water partition coefficient (Wildman–Crippen LogP) is 8.55. The predicted molar refractivity (Wildman–Crippen MR) is 166 cm³/mol. The fraction of sp³-hybridized carbons (Fsp3) is 0.0333. The smallest absolute Gasteiger partial charge is 0.345 e. The minimum absolute atomic E-state index is 0.159. The molecule has 5 rings (SSSR count). The van der Waals surface area contributed by atoms with Crippen LogP contribution in [-0.4, -0.2) is 30.2 Å². The molecule has 7 nitrogen and oxygen atoms in total. The molecular weight excluding hydrogens is 653 g/mol. The number of ether oxygens (including phenoxy) is 2. The van der Waals surface area contributed by atoms with E-state index in [1.54, 1.807) is 30.3 Å². The van der Waals surface area contributed by atoms with E-state index < -0.39 is 11.9 Å². The Bertz CT molecular complexity index is 1820. The fourth-order valence-electron chi connectivity index (χ4n) is 4.17. The van der Waals surface area contributed by atoms with Crippen LogP contribution in [0, 0.1) is 0 Å². The summed E-state index contributed by atoms with van der Waals surface area (Å²) in [4.78, 5) is 29.0. The molecule has 1 aromatic heterocycles. The van der Waals surface area contributed by atoms with Crippen LogP contribution in [0.4, 0.5) is 0 Å². The third-order valence-corrected chi connectivity index (χ3v) is 7.34. The zero-order chi connectivity index (χ0) is 29.1. The molecule has 0 aliphatic carbocycles. The normalized spacial score (nSPS) is 11.1. The van der Waals surface area contributed by atoms with Crippen LogP contribution in [0.15, 0.2) is 88.4 Å². The standard InChI is InChI=1S/C30H19BrCl3N3O4/c1-40-25-11-16(7-10-24(25)41-30(39)20-9-8-19(32)14-22(20)33)15-35-37-29(38)28-26(17-5-3-2-4-6-17)21-12-18(31)13-23(34)27(21)36-28/h2-15,36H,1H3,(H,37,38). The molecule has 0 aliphatic heterocycles. The number of carbonyl (C=O) groups excluding carboxylic acids is 2. The second kappa shape index (κ2) is 12.4. The highest BCUT2D eigenvalue weighted by molar-refractivity contribution is 9.10. The largest absolute Gasteiger partial charge is 0.493 e. The van der Waals surface area contributed by atoms with Crippen molar-refractivity contribution in [1.82, 2.24) is 10.4 Å². The van der Waals surface area contributed by atoms with Crippen molar-refractivity contribution in [2.45, 2.75) is 0 Å². The van der Waals surface area contributed by atoms with Gasteiger partial charge in [0.25, 0.3) is 5.91 Å². The van der Waals surface area contributed by atoms with E-state index >= 15 is 0 Å². The lowest BCUT2D eigenvalue weighted by Gasteiger charge is -2.10. The van der Waals surface area contributed by atoms with E-state index in [0.717, 1.165) is 15.4 Å². The summed E-state index contributed by atoms with van der Waals surface area (Å²) in [5.41, 5.74) is 5.79. The van der Waals surface area contributed by atoms with E-state index in [0.29, 0.717) is 32.4 Å². The van der Waals surface area contributed by atoms with Crippen LogP contribution in [0.2, 0.25) is 15.1 Å². The first kappa shape index (κ1) is 28.7. The van der Waals surface area contributed by atoms with Crippen molar-refractivity contribution in [1.29, 1.82) is 0 Å². The van der Waals surface area contributed by atoms with Gasteiger partial charge in [0.1, 0.15) is 5.69 Å². The highest BCUT2D eigenvalue weighted by Crippen LogP contribution is 2.37. The van der Waals surface area contributed by atoms with E-state index in [1.807, 2.05) is 36.4 Å². The molecule has 0 atom stereocenters. The molecule has 0 saturated carbocycles. The minimum Gasteiger partial charge on any atom is -0.493 e. The average molecular weight is 672 g/mol. The van der Waals surface area contributed by atoms with E-state index in [2.05, 4.69) is 31.4 Å². The molecule has 206 valence electrons. The summed E-state index contributed by atoms with van der Waals surface area (Å²) in [6.07, 6.45) is 1.44. The molecule has 11 heteroatoms. The Balaban J connectivity index is 1.37. The number of methoxy groups -OCH3 is 1. The third-order valence-electron chi connectivity index (χ3n) is 6.03. The lowest BCUT2D eigenvalue weighted by atomic mass is 10.0. The van der Waals surface area contributed by atoms with Crippen molar-refractivity contribution >= 4 is 79.7 Å². The topological polar surface area (TPSA) is 92.8 Å². The van der Waals surface area contributed by atoms with Gasteiger partial charge in [0.05, 0.1) is 34.4 Å². The van der Waals surface area contributed by atoms with Crippen molar-refractivity contribution in [3.8, 4) is 22.6 Å². The number of H-pyrrole nitrogens is 1. The summed E-state index contributed by atoms with van der Waals surface area (Å²) in [5, 5.41) is 5.95. The van der Waals surface area contributed by atoms with E-state index in [4.69, 9.17) is 44.3 Å². The lowest BCUT2D eigenvalue weighted by Crippen LogP contribution is -2.18. The summed E-state index contributed by atoms with van der Waals surface area (Å²) in [5.74, 6) is -0.668. The highest BCUT2D eigenvalue weighted by atomic mass is 79.9. The summed E-state index contributed by atoms with van der Waals surface area (Å²) in [6, 6.07) is 22.5. The zero-order valence-electron chi connectivity index (χ0n) is 21.2. The van der Waals surface area contributed by atoms with Gasteiger partial charge < -0.3 is 14.5 Å². The number of hydrogen-bond acceptors (Lipinski definition) is 5. The minimum atomic E-state index is -0.668. The van der Waals surface area contributed by atoms with E-state index in [9.17, 15) is 9.59 Å². The van der Waals surface area contributed by atoms with Crippen molar-refractivity contribution in [3.63, 3.8) is 0 Å². The maximum absolute atomic E-state index is 13.3. The maximum atomic E-state index is 13.3. The molecule has 0 bridgehead atoms. The van der Waals surface area contributed by atoms with Gasteiger partial charge in [0.15, 0.2) is 11.5 Å². The molecule has 1 heterocycles. The summed E-state index contributed by atoms with van der Waals surface area (Å²) in [6.45, 7) is 0. The van der Waals surface area contributed by atoms with Gasteiger partial charge in [-0.05, 0) is 59.7 Å². The van der Waals surface area contributed by atoms with E-state index in [-0.39, 0.29) is 22.1 Å². The monoisotopic (exact) mass is 669 g/mol. The molecule has 0 unspecified atom stereocenters. The molecule has 4 aromatic carbocycles. The summed E-state index contributed by atoms with van der Waals surface area (Å²) >= 11 is 22.0. The molecular formula is C30H19BrCl3N3O4. The van der Waals surface area contributed by atoms with Gasteiger partial charge >= 0.3 is 5.97 Å². The van der Waals surface area contributed by atoms with Crippen LogP contribution in [-0.2, 0) is 0 Å². The molecule has 41 heavy (non-hydrogen) atoms. The van der Waals surface area contributed by atoms with Crippen LogP contribution < -0.4 is 14.9 Å². The zero-order valence-corrected chi connectivity index (χ0v) is 25.0. The number of amides is 1. The second-order valence-electron chi connectivity index (χ2n) is 8.67. The number of hydrogen-bond donors (Lipinski definition) is 2. The maximum Gasteiger partial charge on any atom is 0.345 e. The average Bonchev–Trinajstić information content (AvgIpc) is 3.34. The van der Waals surface area contributed by atoms with Crippen molar-refractivity contribution in [2.24, 2.45) is 5.10 Å². The van der Waals surface area contributed by atoms with Crippen molar-refractivity contribution in [2.75, 3.05) is 7.11 Å². The van der Waals surface area contributed by atoms with Crippen LogP contribution in [0.3, 0.4) is 0 Å². The molecule has 0 aliphatic rings. The van der Waals surface area contributed by atoms with Gasteiger partial charge in [0, 0.05) is 20.4 Å². The van der Waals surface area contributed by atoms with Crippen LogP contribution in [0.25, 0.3) is 22.0 Å². The summed E-state index contributed by atoms with van der Waals surface area (Å²) in [7, 11) is 1.44. The Labute approximate surface area is 258 Å². The lowest BCUT2D eigenvalue weighted by molar-refractivity contribution is 0.0729. The molecule has 0 fully saturated rings. The quantitative estimate of drug-likeness (QED) is 0.0785. The summed E-state index contributed by atoms with van der Waals surface area (Å²) < 4.78 is 11.7. The van der Waals surface area contributed by atoms with Crippen molar-refractivity contribution in [3.05, 3.63) is 115 Å². The number of aromatic amines is 1. The number of esters is 1. The number of benzene rings is 4. The van der Waals surface area contributed by atoms with Gasteiger partial charge in [-0.2, -0.15) is 5.10 Å². The highest BCUT2D eigenvalue weighted by Gasteiger charge is 2.21. The van der Waals surface area contributed by atoms with Crippen LogP contribution in [0.5, 0.6) is 11.5 Å². The molecule has 0 saturated heterocycles. The first-order valence-electron chi connectivity index (χ1n) is 12.0. The number of nitrogens with zero attached hydrogens (tertiary/aromatic N) is 1. The van der Waals surface area contributed by atoms with Gasteiger partial charge in [0.2, 0.25) is 0 Å². The SMILES string of the molecule is COc1cc(C=NNC(=O)c2[nH]c3c(Cl)cc(Br)cc3c2-c2ccccc2)ccc1OC(=O)c1ccc(Cl)cc1Cl. The van der Waals surface area contributed by atoms with Gasteiger partial charge in [-0.1, -0.05) is 81.1 Å². The number of aromatic nitrogens is 1. The van der Waals surface area contributed by atoms with Gasteiger partial charge in [-0.25, -0.2) is 10.2 Å². The Morgan fingerprint density at radius 2 is 1.71 bits per heavy atom. The number of rotatable bonds is 7. The van der Waals surface area contributed by atoms with Gasteiger partial charge in [-0.15, -0.1) is 0 Å². The second-order valence-corrected chi connectivity index (χ2v) is 10.8. The fourth-order valence-corrected chi connectivity index (χ4v) is 5.52. The first-order chi connectivity index (χ1) is 19.7. The van der Waals surface area contributed by atoms with Crippen molar-refractivity contribution < 1.29 is 19.1 Å². The van der Waals surface area contributed by atoms with Gasteiger partial charge in [-0.3, -0.25) is 4.79 Å². The third kappa shape index (κ3) is 6.26. The molecule has 5 aromatic rings. The number of halogens is 4. The van der Waals surface area contributed by atoms with E-state index in [1.165, 1.54) is 25.5 Å². The number of fused-ring (bicyclic) bond motifs is 1. The number of nitrogens with one attached hydrogen (secondary N) is 2. The molecule has 0 radical (unpaired) electrons. The Hall–Kier alpha value is -3.82. The van der Waals surface area contributed by atoms with Crippen LogP contribution in [0.1, 0.15) is 26.4 Å². The number of carbonyl (C=O) groups is 2. The Morgan fingerprint density at radius 1 is 0.927 bits per heavy atom. The van der Waals surface area contributed by atoms with Crippen LogP contribution >= 0.6 is 50.7 Å². The molecule has 2 N–H and O–H groups in total.